The molecule has 0 spiro atoms. The first-order chi connectivity index (χ1) is 7.76. The zero-order chi connectivity index (χ0) is 11.5. The fourth-order valence-electron chi connectivity index (χ4n) is 1.86. The molecule has 0 saturated carbocycles. The fourth-order valence-corrected chi connectivity index (χ4v) is 1.86. The number of hydrogen-bond acceptors (Lipinski definition) is 4. The molecule has 0 fully saturated rings. The number of ether oxygens (including phenoxy) is 2. The van der Waals surface area contributed by atoms with Gasteiger partial charge < -0.3 is 14.8 Å². The number of nitrogens with one attached hydrogen (secondary N) is 1. The van der Waals surface area contributed by atoms with Gasteiger partial charge in [0.2, 0.25) is 0 Å². The van der Waals surface area contributed by atoms with E-state index in [-0.39, 0.29) is 5.97 Å². The monoisotopic (exact) mass is 221 g/mol. The molecular formula is C12H15NO3. The van der Waals surface area contributed by atoms with Crippen molar-refractivity contribution in [2.45, 2.75) is 13.3 Å². The van der Waals surface area contributed by atoms with E-state index < -0.39 is 0 Å². The van der Waals surface area contributed by atoms with Gasteiger partial charge in [-0.1, -0.05) is 0 Å². The van der Waals surface area contributed by atoms with Crippen LogP contribution < -0.4 is 10.1 Å². The first-order valence-electron chi connectivity index (χ1n) is 5.38. The van der Waals surface area contributed by atoms with Crippen LogP contribution in [0.4, 0.5) is 5.69 Å². The predicted octanol–water partition coefficient (Wildman–Crippen LogP) is 1.84. The second kappa shape index (κ2) is 4.43. The molecule has 4 heteroatoms. The number of rotatable bonds is 3. The smallest absolute Gasteiger partial charge is 0.341 e. The molecule has 0 radical (unpaired) electrons. The number of carbonyl (C=O) groups is 1. The number of benzene rings is 1. The summed E-state index contributed by atoms with van der Waals surface area (Å²) in [5, 5.41) is 3.23. The Kier molecular flexibility index (Phi) is 2.99. The third kappa shape index (κ3) is 1.83. The van der Waals surface area contributed by atoms with Crippen molar-refractivity contribution in [3.63, 3.8) is 0 Å². The van der Waals surface area contributed by atoms with E-state index in [9.17, 15) is 4.79 Å². The number of esters is 1. The van der Waals surface area contributed by atoms with E-state index in [1.54, 1.807) is 20.1 Å². The number of hydrogen-bond donors (Lipinski definition) is 1. The molecule has 0 unspecified atom stereocenters. The number of carbonyl (C=O) groups excluding carboxylic acids is 1. The fraction of sp³-hybridized carbons (Fsp3) is 0.417. The van der Waals surface area contributed by atoms with E-state index in [1.165, 1.54) is 5.56 Å². The molecule has 2 rings (SSSR count). The highest BCUT2D eigenvalue weighted by molar-refractivity contribution is 5.94. The van der Waals surface area contributed by atoms with Crippen LogP contribution in [-0.2, 0) is 11.2 Å². The van der Waals surface area contributed by atoms with Crippen molar-refractivity contribution in [1.82, 2.24) is 0 Å². The van der Waals surface area contributed by atoms with E-state index in [4.69, 9.17) is 9.47 Å². The van der Waals surface area contributed by atoms with Crippen LogP contribution in [0.2, 0.25) is 0 Å². The third-order valence-electron chi connectivity index (χ3n) is 2.63. The van der Waals surface area contributed by atoms with Gasteiger partial charge in [-0.3, -0.25) is 0 Å². The zero-order valence-electron chi connectivity index (χ0n) is 9.50. The summed E-state index contributed by atoms with van der Waals surface area (Å²) in [5.74, 6) is 0.247. The van der Waals surface area contributed by atoms with Crippen LogP contribution in [0.15, 0.2) is 12.1 Å². The molecule has 1 aromatic carbocycles. The summed E-state index contributed by atoms with van der Waals surface area (Å²) in [7, 11) is 1.56. The molecular weight excluding hydrogens is 206 g/mol. The van der Waals surface area contributed by atoms with E-state index >= 15 is 0 Å². The average molecular weight is 221 g/mol. The molecule has 0 saturated heterocycles. The van der Waals surface area contributed by atoms with Crippen LogP contribution in [0.3, 0.4) is 0 Å². The van der Waals surface area contributed by atoms with Gasteiger partial charge in [0.1, 0.15) is 11.3 Å². The summed E-state index contributed by atoms with van der Waals surface area (Å²) in [6.45, 7) is 3.06. The van der Waals surface area contributed by atoms with Gasteiger partial charge >= 0.3 is 5.97 Å². The Morgan fingerprint density at radius 3 is 3.00 bits per heavy atom. The van der Waals surface area contributed by atoms with Crippen LogP contribution in [0.25, 0.3) is 0 Å². The van der Waals surface area contributed by atoms with E-state index in [2.05, 4.69) is 5.32 Å². The molecule has 16 heavy (non-hydrogen) atoms. The zero-order valence-corrected chi connectivity index (χ0v) is 9.50. The number of anilines is 1. The molecule has 86 valence electrons. The Morgan fingerprint density at radius 1 is 1.50 bits per heavy atom. The lowest BCUT2D eigenvalue weighted by Gasteiger charge is -2.10. The minimum Gasteiger partial charge on any atom is -0.496 e. The van der Waals surface area contributed by atoms with Gasteiger partial charge in [0.05, 0.1) is 13.7 Å². The molecule has 1 aliphatic rings. The van der Waals surface area contributed by atoms with Crippen molar-refractivity contribution in [2.75, 3.05) is 25.6 Å². The predicted molar refractivity (Wildman–Crippen MR) is 61.1 cm³/mol. The lowest BCUT2D eigenvalue weighted by molar-refractivity contribution is 0.0523. The summed E-state index contributed by atoms with van der Waals surface area (Å²) in [6, 6.07) is 3.71. The van der Waals surface area contributed by atoms with Gasteiger partial charge in [-0.15, -0.1) is 0 Å². The molecule has 0 atom stereocenters. The normalized spacial score (nSPS) is 12.9. The largest absolute Gasteiger partial charge is 0.496 e. The van der Waals surface area contributed by atoms with Gasteiger partial charge in [-0.05, 0) is 31.0 Å². The Balaban J connectivity index is 2.39. The highest BCUT2D eigenvalue weighted by atomic mass is 16.5. The number of methoxy groups -OCH3 is 1. The minimum absolute atomic E-state index is 0.337. The topological polar surface area (TPSA) is 47.6 Å². The van der Waals surface area contributed by atoms with Crippen LogP contribution >= 0.6 is 0 Å². The van der Waals surface area contributed by atoms with Crippen LogP contribution in [0.5, 0.6) is 5.75 Å². The standard InChI is InChI=1S/C12H15NO3/c1-3-16-12(14)9-7-10-8(4-5-13-10)6-11(9)15-2/h6-7,13H,3-5H2,1-2H3. The maximum Gasteiger partial charge on any atom is 0.341 e. The minimum atomic E-state index is -0.337. The molecule has 1 aromatic rings. The SMILES string of the molecule is CCOC(=O)c1cc2c(cc1OC)CCN2. The van der Waals surface area contributed by atoms with Crippen LogP contribution in [0.1, 0.15) is 22.8 Å². The Hall–Kier alpha value is -1.71. The quantitative estimate of drug-likeness (QED) is 0.791. The Bertz CT molecular complexity index is 415. The Morgan fingerprint density at radius 2 is 2.31 bits per heavy atom. The molecule has 1 aliphatic heterocycles. The molecule has 0 bridgehead atoms. The average Bonchev–Trinajstić information content (AvgIpc) is 2.74. The van der Waals surface area contributed by atoms with Crippen molar-refractivity contribution in [3.05, 3.63) is 23.3 Å². The summed E-state index contributed by atoms with van der Waals surface area (Å²) < 4.78 is 10.2. The van der Waals surface area contributed by atoms with E-state index in [0.717, 1.165) is 18.7 Å². The highest BCUT2D eigenvalue weighted by Gasteiger charge is 2.19. The maximum atomic E-state index is 11.7. The lowest BCUT2D eigenvalue weighted by atomic mass is 10.1. The van der Waals surface area contributed by atoms with Gasteiger partial charge in [-0.25, -0.2) is 4.79 Å². The second-order valence-electron chi connectivity index (χ2n) is 3.61. The van der Waals surface area contributed by atoms with Crippen molar-refractivity contribution in [3.8, 4) is 5.75 Å². The first kappa shape index (κ1) is 10.8. The summed E-state index contributed by atoms with van der Waals surface area (Å²) in [6.07, 6.45) is 0.967. The summed E-state index contributed by atoms with van der Waals surface area (Å²) >= 11 is 0. The maximum absolute atomic E-state index is 11.7. The molecule has 0 aliphatic carbocycles. The van der Waals surface area contributed by atoms with Gasteiger partial charge in [0.15, 0.2) is 0 Å². The second-order valence-corrected chi connectivity index (χ2v) is 3.61. The highest BCUT2D eigenvalue weighted by Crippen LogP contribution is 2.31. The van der Waals surface area contributed by atoms with Crippen molar-refractivity contribution < 1.29 is 14.3 Å². The Labute approximate surface area is 94.6 Å². The van der Waals surface area contributed by atoms with Crippen molar-refractivity contribution in [2.24, 2.45) is 0 Å². The van der Waals surface area contributed by atoms with Gasteiger partial charge in [0, 0.05) is 12.2 Å². The van der Waals surface area contributed by atoms with Gasteiger partial charge in [-0.2, -0.15) is 0 Å². The van der Waals surface area contributed by atoms with Crippen molar-refractivity contribution >= 4 is 11.7 Å². The van der Waals surface area contributed by atoms with Crippen LogP contribution in [-0.4, -0.2) is 26.2 Å². The first-order valence-corrected chi connectivity index (χ1v) is 5.38. The van der Waals surface area contributed by atoms with E-state index in [1.807, 2.05) is 6.07 Å². The van der Waals surface area contributed by atoms with Gasteiger partial charge in [0.25, 0.3) is 0 Å². The van der Waals surface area contributed by atoms with Crippen molar-refractivity contribution in [1.29, 1.82) is 0 Å². The third-order valence-corrected chi connectivity index (χ3v) is 2.63. The van der Waals surface area contributed by atoms with E-state index in [0.29, 0.717) is 17.9 Å². The molecule has 1 N–H and O–H groups in total. The van der Waals surface area contributed by atoms with Crippen LogP contribution in [0, 0.1) is 0 Å². The number of fused-ring (bicyclic) bond motifs is 1. The molecule has 0 aromatic heterocycles. The molecule has 1 heterocycles. The summed E-state index contributed by atoms with van der Waals surface area (Å²) in [4.78, 5) is 11.7. The molecule has 4 nitrogen and oxygen atoms in total. The summed E-state index contributed by atoms with van der Waals surface area (Å²) in [5.41, 5.74) is 2.67. The lowest BCUT2D eigenvalue weighted by Crippen LogP contribution is -2.07. The molecule has 0 amide bonds.